The largest absolute Gasteiger partial charge is 0.366 e. The standard InChI is InChI=1S/C12H20N2O4/c1-6-3-8-5-13(4-6)10-11(17-10)14(8)18-7(2)9-12(15)16-9/h6-12,15H,3-5H2,1-2H3/t6?,7-,8+,9?,10?,11?,12?/m0/s1. The van der Waals surface area contributed by atoms with Crippen LogP contribution in [-0.2, 0) is 14.3 Å². The molecule has 0 amide bonds. The summed E-state index contributed by atoms with van der Waals surface area (Å²) >= 11 is 0. The van der Waals surface area contributed by atoms with Crippen molar-refractivity contribution in [3.8, 4) is 0 Å². The molecule has 6 nitrogen and oxygen atoms in total. The van der Waals surface area contributed by atoms with Crippen LogP contribution < -0.4 is 0 Å². The molecule has 0 saturated carbocycles. The Morgan fingerprint density at radius 2 is 2.06 bits per heavy atom. The normalized spacial score (nSPS) is 55.8. The number of aliphatic hydroxyl groups is 1. The van der Waals surface area contributed by atoms with Crippen molar-refractivity contribution in [1.82, 2.24) is 9.96 Å². The van der Waals surface area contributed by atoms with Gasteiger partial charge in [-0.3, -0.25) is 9.74 Å². The molecule has 102 valence electrons. The minimum atomic E-state index is -0.650. The van der Waals surface area contributed by atoms with Gasteiger partial charge in [0.15, 0.2) is 18.7 Å². The highest BCUT2D eigenvalue weighted by Gasteiger charge is 2.58. The van der Waals surface area contributed by atoms with Gasteiger partial charge in [0.05, 0.1) is 6.04 Å². The summed E-state index contributed by atoms with van der Waals surface area (Å²) in [7, 11) is 0. The van der Waals surface area contributed by atoms with E-state index in [0.717, 1.165) is 19.5 Å². The molecule has 0 aliphatic carbocycles. The van der Waals surface area contributed by atoms with Crippen molar-refractivity contribution in [2.24, 2.45) is 5.92 Å². The first-order valence-electron chi connectivity index (χ1n) is 6.81. The average molecular weight is 256 g/mol. The number of piperazine rings is 1. The molecule has 4 fully saturated rings. The van der Waals surface area contributed by atoms with Gasteiger partial charge in [-0.15, -0.1) is 0 Å². The summed E-state index contributed by atoms with van der Waals surface area (Å²) in [6.07, 6.45) is 0.484. The lowest BCUT2D eigenvalue weighted by Crippen LogP contribution is -2.58. The molecule has 2 bridgehead atoms. The average Bonchev–Trinajstić information content (AvgIpc) is 3.18. The number of hydrogen-bond donors (Lipinski definition) is 1. The summed E-state index contributed by atoms with van der Waals surface area (Å²) < 4.78 is 10.8. The minimum Gasteiger partial charge on any atom is -0.366 e. The van der Waals surface area contributed by atoms with Crippen LogP contribution in [0.1, 0.15) is 20.3 Å². The van der Waals surface area contributed by atoms with Gasteiger partial charge < -0.3 is 14.6 Å². The second-order valence-corrected chi connectivity index (χ2v) is 6.03. The van der Waals surface area contributed by atoms with Gasteiger partial charge >= 0.3 is 0 Å². The number of piperidine rings is 1. The summed E-state index contributed by atoms with van der Waals surface area (Å²) in [4.78, 5) is 8.38. The number of ether oxygens (including phenoxy) is 2. The van der Waals surface area contributed by atoms with Crippen LogP contribution in [-0.4, -0.2) is 65.2 Å². The van der Waals surface area contributed by atoms with Crippen LogP contribution in [0, 0.1) is 5.92 Å². The lowest BCUT2D eigenvalue weighted by molar-refractivity contribution is -0.258. The highest BCUT2D eigenvalue weighted by atomic mass is 16.8. The van der Waals surface area contributed by atoms with Crippen molar-refractivity contribution in [3.63, 3.8) is 0 Å². The van der Waals surface area contributed by atoms with Gasteiger partial charge in [-0.25, -0.2) is 0 Å². The number of epoxide rings is 2. The highest BCUT2D eigenvalue weighted by Crippen LogP contribution is 2.42. The van der Waals surface area contributed by atoms with Crippen LogP contribution >= 0.6 is 0 Å². The highest BCUT2D eigenvalue weighted by molar-refractivity contribution is 4.98. The Balaban J connectivity index is 1.44. The summed E-state index contributed by atoms with van der Waals surface area (Å²) in [5.41, 5.74) is 0. The van der Waals surface area contributed by atoms with E-state index in [0.29, 0.717) is 12.0 Å². The molecule has 4 rings (SSSR count). The summed E-state index contributed by atoms with van der Waals surface area (Å²) in [5, 5.41) is 11.3. The van der Waals surface area contributed by atoms with Crippen molar-refractivity contribution in [2.75, 3.05) is 13.1 Å². The lowest BCUT2D eigenvalue weighted by Gasteiger charge is -2.44. The maximum atomic E-state index is 9.26. The fourth-order valence-corrected chi connectivity index (χ4v) is 3.36. The molecular formula is C12H20N2O4. The number of nitrogens with zero attached hydrogens (tertiary/aromatic N) is 2. The van der Waals surface area contributed by atoms with Crippen molar-refractivity contribution < 1.29 is 19.4 Å². The fraction of sp³-hybridized carbons (Fsp3) is 1.00. The zero-order valence-corrected chi connectivity index (χ0v) is 10.7. The first kappa shape index (κ1) is 11.6. The van der Waals surface area contributed by atoms with E-state index in [-0.39, 0.29) is 24.7 Å². The Hall–Kier alpha value is -0.240. The first-order valence-corrected chi connectivity index (χ1v) is 6.81. The third-order valence-electron chi connectivity index (χ3n) is 4.33. The van der Waals surface area contributed by atoms with Crippen LogP contribution in [0.25, 0.3) is 0 Å². The Kier molecular flexibility index (Phi) is 2.49. The maximum Gasteiger partial charge on any atom is 0.184 e. The topological polar surface area (TPSA) is 61.0 Å². The molecule has 4 aliphatic rings. The van der Waals surface area contributed by atoms with Crippen LogP contribution in [0.3, 0.4) is 0 Å². The SMILES string of the molecule is CC1C[C@@H]2CN(C1)C1OC1N2O[C@@H](C)C1OC1O. The van der Waals surface area contributed by atoms with Crippen molar-refractivity contribution in [3.05, 3.63) is 0 Å². The molecular weight excluding hydrogens is 236 g/mol. The summed E-state index contributed by atoms with van der Waals surface area (Å²) in [6.45, 7) is 6.37. The van der Waals surface area contributed by atoms with Crippen molar-refractivity contribution >= 4 is 0 Å². The van der Waals surface area contributed by atoms with Gasteiger partial charge in [0.1, 0.15) is 12.2 Å². The van der Waals surface area contributed by atoms with E-state index >= 15 is 0 Å². The molecule has 6 heteroatoms. The molecule has 4 heterocycles. The third kappa shape index (κ3) is 1.79. The van der Waals surface area contributed by atoms with Gasteiger partial charge in [0.2, 0.25) is 0 Å². The Labute approximate surface area is 106 Å². The van der Waals surface area contributed by atoms with E-state index in [1.54, 1.807) is 0 Å². The molecule has 4 aliphatic heterocycles. The predicted molar refractivity (Wildman–Crippen MR) is 61.1 cm³/mol. The third-order valence-corrected chi connectivity index (χ3v) is 4.33. The van der Waals surface area contributed by atoms with E-state index < -0.39 is 6.29 Å². The number of fused-ring (bicyclic) bond motifs is 4. The molecule has 0 radical (unpaired) electrons. The smallest absolute Gasteiger partial charge is 0.184 e. The summed E-state index contributed by atoms with van der Waals surface area (Å²) in [5.74, 6) is 0.679. The van der Waals surface area contributed by atoms with Gasteiger partial charge in [-0.1, -0.05) is 6.92 Å². The molecule has 6 unspecified atom stereocenters. The van der Waals surface area contributed by atoms with Crippen molar-refractivity contribution in [1.29, 1.82) is 0 Å². The van der Waals surface area contributed by atoms with Crippen LogP contribution in [0.15, 0.2) is 0 Å². The van der Waals surface area contributed by atoms with E-state index in [4.69, 9.17) is 14.3 Å². The lowest BCUT2D eigenvalue weighted by atomic mass is 9.94. The zero-order chi connectivity index (χ0) is 12.4. The predicted octanol–water partition coefficient (Wildman–Crippen LogP) is -0.268. The molecule has 0 aromatic heterocycles. The minimum absolute atomic E-state index is 0.0783. The molecule has 0 aromatic rings. The van der Waals surface area contributed by atoms with Gasteiger partial charge in [-0.05, 0) is 19.3 Å². The van der Waals surface area contributed by atoms with Crippen LogP contribution in [0.5, 0.6) is 0 Å². The van der Waals surface area contributed by atoms with E-state index in [2.05, 4.69) is 11.8 Å². The zero-order valence-electron chi connectivity index (χ0n) is 10.7. The second-order valence-electron chi connectivity index (χ2n) is 6.03. The number of rotatable bonds is 3. The Morgan fingerprint density at radius 3 is 2.78 bits per heavy atom. The molecule has 0 spiro atoms. The quantitative estimate of drug-likeness (QED) is 0.702. The van der Waals surface area contributed by atoms with Crippen LogP contribution in [0.4, 0.5) is 0 Å². The van der Waals surface area contributed by atoms with Gasteiger partial charge in [0, 0.05) is 13.1 Å². The van der Waals surface area contributed by atoms with E-state index in [1.807, 2.05) is 12.0 Å². The van der Waals surface area contributed by atoms with Crippen molar-refractivity contribution in [2.45, 2.75) is 57.3 Å². The Morgan fingerprint density at radius 1 is 1.28 bits per heavy atom. The van der Waals surface area contributed by atoms with E-state index in [9.17, 15) is 5.11 Å². The number of hydroxylamine groups is 2. The second kappa shape index (κ2) is 3.88. The molecule has 0 aromatic carbocycles. The Bertz CT molecular complexity index is 355. The van der Waals surface area contributed by atoms with Gasteiger partial charge in [-0.2, -0.15) is 5.06 Å². The fourth-order valence-electron chi connectivity index (χ4n) is 3.36. The first-order chi connectivity index (χ1) is 8.63. The number of aliphatic hydroxyl groups excluding tert-OH is 1. The molecule has 8 atom stereocenters. The maximum absolute atomic E-state index is 9.26. The molecule has 18 heavy (non-hydrogen) atoms. The van der Waals surface area contributed by atoms with Gasteiger partial charge in [0.25, 0.3) is 0 Å². The monoisotopic (exact) mass is 256 g/mol. The molecule has 1 N–H and O–H groups in total. The summed E-state index contributed by atoms with van der Waals surface area (Å²) in [6, 6.07) is 0.399. The number of hydrogen-bond acceptors (Lipinski definition) is 6. The van der Waals surface area contributed by atoms with E-state index in [1.165, 1.54) is 0 Å². The molecule has 4 saturated heterocycles. The van der Waals surface area contributed by atoms with Crippen LogP contribution in [0.2, 0.25) is 0 Å².